The van der Waals surface area contributed by atoms with E-state index in [4.69, 9.17) is 0 Å². The maximum Gasteiger partial charge on any atom is 0.315 e. The molecule has 0 saturated heterocycles. The Morgan fingerprint density at radius 3 is 2.64 bits per heavy atom. The Kier molecular flexibility index (Phi) is 5.34. The summed E-state index contributed by atoms with van der Waals surface area (Å²) in [6.45, 7) is 1.66. The first-order valence-corrected chi connectivity index (χ1v) is 7.64. The molecule has 6 heteroatoms. The molecule has 1 aromatic rings. The molecule has 0 aromatic heterocycles. The van der Waals surface area contributed by atoms with Gasteiger partial charge in [0.15, 0.2) is 0 Å². The molecule has 2 amide bonds. The molecule has 1 atom stereocenters. The minimum Gasteiger partial charge on any atom is -0.394 e. The van der Waals surface area contributed by atoms with E-state index >= 15 is 0 Å². The number of carbonyl (C=O) groups excluding carboxylic acids is 1. The van der Waals surface area contributed by atoms with Crippen molar-refractivity contribution in [2.75, 3.05) is 6.61 Å². The molecule has 1 aliphatic rings. The lowest BCUT2D eigenvalue weighted by molar-refractivity contribution is 0.161. The van der Waals surface area contributed by atoms with Crippen LogP contribution in [0.15, 0.2) is 18.2 Å². The SMILES string of the molecule is CCC(NC(=O)NC1(CO)CCCC1)c1cc(F)ccc1F. The molecule has 0 radical (unpaired) electrons. The third kappa shape index (κ3) is 3.74. The van der Waals surface area contributed by atoms with Crippen LogP contribution in [-0.2, 0) is 0 Å². The molecule has 0 heterocycles. The maximum absolute atomic E-state index is 13.8. The largest absolute Gasteiger partial charge is 0.394 e. The molecule has 2 rings (SSSR count). The van der Waals surface area contributed by atoms with Crippen LogP contribution in [0, 0.1) is 11.6 Å². The fraction of sp³-hybridized carbons (Fsp3) is 0.562. The van der Waals surface area contributed by atoms with Crippen molar-refractivity contribution in [2.45, 2.75) is 50.6 Å². The number of hydrogen-bond donors (Lipinski definition) is 3. The van der Waals surface area contributed by atoms with Gasteiger partial charge in [-0.2, -0.15) is 0 Å². The number of rotatable bonds is 5. The normalized spacial score (nSPS) is 18.0. The van der Waals surface area contributed by atoms with Gasteiger partial charge in [-0.3, -0.25) is 0 Å². The van der Waals surface area contributed by atoms with Gasteiger partial charge in [0.2, 0.25) is 0 Å². The summed E-state index contributed by atoms with van der Waals surface area (Å²) < 4.78 is 27.1. The zero-order valence-corrected chi connectivity index (χ0v) is 12.7. The second kappa shape index (κ2) is 7.05. The first-order chi connectivity index (χ1) is 10.5. The Balaban J connectivity index is 2.06. The minimum absolute atomic E-state index is 0.120. The van der Waals surface area contributed by atoms with Crippen molar-refractivity contribution in [3.63, 3.8) is 0 Å². The molecule has 1 fully saturated rings. The van der Waals surface area contributed by atoms with E-state index in [0.717, 1.165) is 43.9 Å². The molecular formula is C16H22F2N2O2. The summed E-state index contributed by atoms with van der Waals surface area (Å²) in [5, 5.41) is 15.0. The van der Waals surface area contributed by atoms with Crippen molar-refractivity contribution in [3.05, 3.63) is 35.4 Å². The third-order valence-electron chi connectivity index (χ3n) is 4.29. The molecule has 1 saturated carbocycles. The highest BCUT2D eigenvalue weighted by Crippen LogP contribution is 2.29. The number of carbonyl (C=O) groups is 1. The van der Waals surface area contributed by atoms with Gasteiger partial charge in [0.05, 0.1) is 18.2 Å². The summed E-state index contributed by atoms with van der Waals surface area (Å²) in [5.41, 5.74) is -0.467. The Labute approximate surface area is 128 Å². The van der Waals surface area contributed by atoms with E-state index in [9.17, 15) is 18.7 Å². The van der Waals surface area contributed by atoms with Crippen molar-refractivity contribution in [3.8, 4) is 0 Å². The third-order valence-corrected chi connectivity index (χ3v) is 4.29. The van der Waals surface area contributed by atoms with Crippen LogP contribution < -0.4 is 10.6 Å². The number of urea groups is 1. The Hall–Kier alpha value is -1.69. The van der Waals surface area contributed by atoms with E-state index in [1.807, 2.05) is 0 Å². The lowest BCUT2D eigenvalue weighted by atomic mass is 9.99. The average molecular weight is 312 g/mol. The first kappa shape index (κ1) is 16.7. The number of aliphatic hydroxyl groups excluding tert-OH is 1. The van der Waals surface area contributed by atoms with Crippen LogP contribution in [0.4, 0.5) is 13.6 Å². The Morgan fingerprint density at radius 1 is 1.36 bits per heavy atom. The number of nitrogens with one attached hydrogen (secondary N) is 2. The summed E-state index contributed by atoms with van der Waals surface area (Å²) >= 11 is 0. The molecule has 1 aliphatic carbocycles. The summed E-state index contributed by atoms with van der Waals surface area (Å²) in [6.07, 6.45) is 3.79. The van der Waals surface area contributed by atoms with Gasteiger partial charge < -0.3 is 15.7 Å². The molecule has 4 nitrogen and oxygen atoms in total. The highest BCUT2D eigenvalue weighted by molar-refractivity contribution is 5.75. The topological polar surface area (TPSA) is 61.4 Å². The number of aliphatic hydroxyl groups is 1. The van der Waals surface area contributed by atoms with Gasteiger partial charge in [0.25, 0.3) is 0 Å². The second-order valence-corrected chi connectivity index (χ2v) is 5.87. The number of benzene rings is 1. The van der Waals surface area contributed by atoms with E-state index in [1.165, 1.54) is 0 Å². The van der Waals surface area contributed by atoms with Crippen LogP contribution in [0.3, 0.4) is 0 Å². The highest BCUT2D eigenvalue weighted by Gasteiger charge is 2.35. The van der Waals surface area contributed by atoms with Crippen molar-refractivity contribution in [1.29, 1.82) is 0 Å². The molecular weight excluding hydrogens is 290 g/mol. The van der Waals surface area contributed by atoms with Gasteiger partial charge in [-0.15, -0.1) is 0 Å². The smallest absolute Gasteiger partial charge is 0.315 e. The van der Waals surface area contributed by atoms with Crippen LogP contribution in [0.1, 0.15) is 50.6 Å². The predicted molar refractivity (Wildman–Crippen MR) is 79.3 cm³/mol. The fourth-order valence-corrected chi connectivity index (χ4v) is 2.99. The summed E-state index contributed by atoms with van der Waals surface area (Å²) in [6, 6.07) is 2.12. The quantitative estimate of drug-likeness (QED) is 0.782. The molecule has 122 valence electrons. The highest BCUT2D eigenvalue weighted by atomic mass is 19.1. The van der Waals surface area contributed by atoms with Gasteiger partial charge in [0.1, 0.15) is 11.6 Å². The predicted octanol–water partition coefficient (Wildman–Crippen LogP) is 3.02. The molecule has 1 aromatic carbocycles. The Morgan fingerprint density at radius 2 is 2.05 bits per heavy atom. The van der Waals surface area contributed by atoms with Crippen LogP contribution >= 0.6 is 0 Å². The van der Waals surface area contributed by atoms with Gasteiger partial charge >= 0.3 is 6.03 Å². The maximum atomic E-state index is 13.8. The zero-order valence-electron chi connectivity index (χ0n) is 12.7. The molecule has 1 unspecified atom stereocenters. The molecule has 0 bridgehead atoms. The van der Waals surface area contributed by atoms with Crippen LogP contribution in [-0.4, -0.2) is 23.3 Å². The fourth-order valence-electron chi connectivity index (χ4n) is 2.99. The van der Waals surface area contributed by atoms with Gasteiger partial charge in [0, 0.05) is 5.56 Å². The average Bonchev–Trinajstić information content (AvgIpc) is 2.96. The molecule has 3 N–H and O–H groups in total. The van der Waals surface area contributed by atoms with E-state index in [-0.39, 0.29) is 12.2 Å². The number of amides is 2. The standard InChI is InChI=1S/C16H22F2N2O2/c1-2-14(12-9-11(17)5-6-13(12)18)19-15(22)20-16(10-21)7-3-4-8-16/h5-6,9,14,21H,2-4,7-8,10H2,1H3,(H2,19,20,22). The molecule has 0 spiro atoms. The van der Waals surface area contributed by atoms with E-state index < -0.39 is 29.2 Å². The van der Waals surface area contributed by atoms with Crippen molar-refractivity contribution < 1.29 is 18.7 Å². The van der Waals surface area contributed by atoms with Crippen LogP contribution in [0.25, 0.3) is 0 Å². The molecule has 22 heavy (non-hydrogen) atoms. The Bertz CT molecular complexity index is 531. The number of halogens is 2. The second-order valence-electron chi connectivity index (χ2n) is 5.87. The first-order valence-electron chi connectivity index (χ1n) is 7.64. The van der Waals surface area contributed by atoms with E-state index in [2.05, 4.69) is 10.6 Å². The summed E-state index contributed by atoms with van der Waals surface area (Å²) in [4.78, 5) is 12.2. The van der Waals surface area contributed by atoms with Gasteiger partial charge in [-0.25, -0.2) is 13.6 Å². The van der Waals surface area contributed by atoms with E-state index in [1.54, 1.807) is 6.92 Å². The summed E-state index contributed by atoms with van der Waals surface area (Å²) in [5.74, 6) is -1.09. The van der Waals surface area contributed by atoms with Crippen LogP contribution in [0.5, 0.6) is 0 Å². The number of hydrogen-bond acceptors (Lipinski definition) is 2. The lowest BCUT2D eigenvalue weighted by Crippen LogP contribution is -2.53. The van der Waals surface area contributed by atoms with E-state index in [0.29, 0.717) is 6.42 Å². The van der Waals surface area contributed by atoms with Gasteiger partial charge in [-0.05, 0) is 37.5 Å². The minimum atomic E-state index is -0.618. The van der Waals surface area contributed by atoms with Gasteiger partial charge in [-0.1, -0.05) is 19.8 Å². The van der Waals surface area contributed by atoms with Crippen molar-refractivity contribution >= 4 is 6.03 Å². The van der Waals surface area contributed by atoms with Crippen LogP contribution in [0.2, 0.25) is 0 Å². The monoisotopic (exact) mass is 312 g/mol. The van der Waals surface area contributed by atoms with Crippen molar-refractivity contribution in [2.24, 2.45) is 0 Å². The molecule has 0 aliphatic heterocycles. The lowest BCUT2D eigenvalue weighted by Gasteiger charge is -2.29. The van der Waals surface area contributed by atoms with Crippen molar-refractivity contribution in [1.82, 2.24) is 10.6 Å². The zero-order chi connectivity index (χ0) is 16.2. The summed E-state index contributed by atoms with van der Waals surface area (Å²) in [7, 11) is 0.